The first-order chi connectivity index (χ1) is 16.9. The van der Waals surface area contributed by atoms with Gasteiger partial charge in [-0.25, -0.2) is 13.2 Å². The van der Waals surface area contributed by atoms with Gasteiger partial charge in [-0.2, -0.15) is 4.31 Å². The number of thiophene rings is 1. The molecular weight excluding hydrogens is 484 g/mol. The second kappa shape index (κ2) is 9.56. The van der Waals surface area contributed by atoms with Gasteiger partial charge in [0.15, 0.2) is 0 Å². The number of carbonyl (C=O) groups excluding carboxylic acids is 2. The molecule has 1 N–H and O–H groups in total. The van der Waals surface area contributed by atoms with E-state index in [-0.39, 0.29) is 11.5 Å². The summed E-state index contributed by atoms with van der Waals surface area (Å²) in [7, 11) is -3.69. The van der Waals surface area contributed by atoms with Crippen LogP contribution in [0.15, 0.2) is 53.4 Å². The number of aryl methyl sites for hydroxylation is 1. The first kappa shape index (κ1) is 23.7. The molecule has 7 nitrogen and oxygen atoms in total. The second-order valence-electron chi connectivity index (χ2n) is 8.62. The first-order valence-corrected chi connectivity index (χ1v) is 13.9. The summed E-state index contributed by atoms with van der Waals surface area (Å²) in [5.74, 6) is -0.821. The number of sulfonamides is 1. The number of esters is 1. The molecule has 2 aromatic carbocycles. The average molecular weight is 511 g/mol. The number of hydrogen-bond acceptors (Lipinski definition) is 6. The topological polar surface area (TPSA) is 92.8 Å². The zero-order valence-corrected chi connectivity index (χ0v) is 21.0. The van der Waals surface area contributed by atoms with Gasteiger partial charge < -0.3 is 10.1 Å². The number of anilines is 1. The lowest BCUT2D eigenvalue weighted by Gasteiger charge is -2.28. The van der Waals surface area contributed by atoms with E-state index < -0.39 is 21.9 Å². The maximum Gasteiger partial charge on any atom is 0.341 e. The van der Waals surface area contributed by atoms with E-state index in [4.69, 9.17) is 4.74 Å². The number of ether oxygens (including phenoxy) is 1. The monoisotopic (exact) mass is 510 g/mol. The molecule has 1 amide bonds. The molecule has 0 radical (unpaired) electrons. The molecule has 1 aliphatic heterocycles. The van der Waals surface area contributed by atoms with Gasteiger partial charge in [0.05, 0.1) is 17.1 Å². The lowest BCUT2D eigenvalue weighted by molar-refractivity contribution is 0.0527. The molecule has 0 saturated carbocycles. The molecule has 1 aromatic heterocycles. The molecule has 35 heavy (non-hydrogen) atoms. The normalized spacial score (nSPS) is 15.3. The molecule has 1 aliphatic carbocycles. The van der Waals surface area contributed by atoms with E-state index >= 15 is 0 Å². The largest absolute Gasteiger partial charge is 0.462 e. The third kappa shape index (κ3) is 4.51. The number of hydrogen-bond donors (Lipinski definition) is 1. The van der Waals surface area contributed by atoms with Gasteiger partial charge in [0, 0.05) is 23.5 Å². The number of rotatable bonds is 6. The number of carbonyl (C=O) groups is 2. The quantitative estimate of drug-likeness (QED) is 0.496. The second-order valence-corrected chi connectivity index (χ2v) is 11.7. The summed E-state index contributed by atoms with van der Waals surface area (Å²) >= 11 is 1.41. The fraction of sp³-hybridized carbons (Fsp3) is 0.308. The van der Waals surface area contributed by atoms with E-state index in [0.717, 1.165) is 35.3 Å². The van der Waals surface area contributed by atoms with Gasteiger partial charge in [0.1, 0.15) is 5.00 Å². The Bertz CT molecular complexity index is 1390. The predicted molar refractivity (Wildman–Crippen MR) is 134 cm³/mol. The Hall–Kier alpha value is -3.01. The van der Waals surface area contributed by atoms with Crippen LogP contribution in [0.4, 0.5) is 5.00 Å². The lowest BCUT2D eigenvalue weighted by atomic mass is 10.0. The smallest absolute Gasteiger partial charge is 0.341 e. The van der Waals surface area contributed by atoms with Crippen molar-refractivity contribution in [3.63, 3.8) is 0 Å². The van der Waals surface area contributed by atoms with Crippen molar-refractivity contribution in [3.05, 3.63) is 81.2 Å². The molecule has 5 rings (SSSR count). The number of nitrogens with zero attached hydrogens (tertiary/aromatic N) is 1. The summed E-state index contributed by atoms with van der Waals surface area (Å²) < 4.78 is 33.1. The predicted octanol–water partition coefficient (Wildman–Crippen LogP) is 4.41. The van der Waals surface area contributed by atoms with Crippen molar-refractivity contribution < 1.29 is 22.7 Å². The number of benzene rings is 2. The Morgan fingerprint density at radius 3 is 2.51 bits per heavy atom. The number of nitrogens with one attached hydrogen (secondary N) is 1. The highest BCUT2D eigenvalue weighted by molar-refractivity contribution is 7.89. The fourth-order valence-corrected chi connectivity index (χ4v) is 7.38. The molecule has 3 aromatic rings. The van der Waals surface area contributed by atoms with Gasteiger partial charge in [0.25, 0.3) is 5.91 Å². The Balaban J connectivity index is 1.33. The minimum absolute atomic E-state index is 0.149. The summed E-state index contributed by atoms with van der Waals surface area (Å²) in [6, 6.07) is 13.8. The minimum atomic E-state index is -3.69. The summed E-state index contributed by atoms with van der Waals surface area (Å²) in [6.45, 7) is 2.76. The highest BCUT2D eigenvalue weighted by Gasteiger charge is 2.30. The van der Waals surface area contributed by atoms with Crippen LogP contribution in [0.5, 0.6) is 0 Å². The molecule has 0 saturated heterocycles. The van der Waals surface area contributed by atoms with Crippen molar-refractivity contribution in [2.24, 2.45) is 0 Å². The van der Waals surface area contributed by atoms with E-state index in [1.54, 1.807) is 6.92 Å². The summed E-state index contributed by atoms with van der Waals surface area (Å²) in [4.78, 5) is 26.8. The van der Waals surface area contributed by atoms with E-state index in [0.29, 0.717) is 35.6 Å². The molecule has 9 heteroatoms. The van der Waals surface area contributed by atoms with E-state index in [9.17, 15) is 18.0 Å². The van der Waals surface area contributed by atoms with Crippen molar-refractivity contribution in [3.8, 4) is 0 Å². The van der Waals surface area contributed by atoms with E-state index in [1.807, 2.05) is 24.3 Å². The Labute approximate surface area is 208 Å². The van der Waals surface area contributed by atoms with Crippen LogP contribution < -0.4 is 5.32 Å². The number of amides is 1. The molecule has 0 bridgehead atoms. The van der Waals surface area contributed by atoms with Crippen molar-refractivity contribution in [2.75, 3.05) is 18.5 Å². The fourth-order valence-electron chi connectivity index (χ4n) is 4.69. The summed E-state index contributed by atoms with van der Waals surface area (Å²) in [5, 5.41) is 3.33. The van der Waals surface area contributed by atoms with Crippen LogP contribution in [0.3, 0.4) is 0 Å². The standard InChI is InChI=1S/C26H26N2O5S2/c1-2-33-26(30)23-21-8-5-9-22(21)34-25(23)27-24(29)18-10-12-20(13-11-18)35(31,32)28-15-14-17-6-3-4-7-19(17)16-28/h3-4,6-7,10-13H,2,5,8-9,14-16H2,1H3,(H,27,29). The van der Waals surface area contributed by atoms with Gasteiger partial charge in [-0.3, -0.25) is 4.79 Å². The van der Waals surface area contributed by atoms with Crippen LogP contribution in [0.1, 0.15) is 55.6 Å². The zero-order valence-electron chi connectivity index (χ0n) is 19.4. The van der Waals surface area contributed by atoms with Crippen LogP contribution in [-0.2, 0) is 40.6 Å². The van der Waals surface area contributed by atoms with Gasteiger partial charge in [-0.15, -0.1) is 11.3 Å². The Morgan fingerprint density at radius 1 is 1.03 bits per heavy atom. The summed E-state index contributed by atoms with van der Waals surface area (Å²) in [6.07, 6.45) is 3.34. The maximum absolute atomic E-state index is 13.2. The van der Waals surface area contributed by atoms with Crippen LogP contribution in [0.2, 0.25) is 0 Å². The van der Waals surface area contributed by atoms with Gasteiger partial charge in [-0.05, 0) is 73.6 Å². The van der Waals surface area contributed by atoms with Crippen molar-refractivity contribution in [1.82, 2.24) is 4.31 Å². The molecular formula is C26H26N2O5S2. The van der Waals surface area contributed by atoms with Crippen molar-refractivity contribution in [1.29, 1.82) is 0 Å². The highest BCUT2D eigenvalue weighted by Crippen LogP contribution is 2.39. The van der Waals surface area contributed by atoms with E-state index in [1.165, 1.54) is 45.5 Å². The zero-order chi connectivity index (χ0) is 24.6. The Kier molecular flexibility index (Phi) is 6.48. The molecule has 2 heterocycles. The van der Waals surface area contributed by atoms with Gasteiger partial charge >= 0.3 is 5.97 Å². The van der Waals surface area contributed by atoms with Crippen LogP contribution in [0, 0.1) is 0 Å². The molecule has 182 valence electrons. The van der Waals surface area contributed by atoms with Crippen molar-refractivity contribution >= 4 is 38.2 Å². The Morgan fingerprint density at radius 2 is 1.77 bits per heavy atom. The van der Waals surface area contributed by atoms with E-state index in [2.05, 4.69) is 5.32 Å². The molecule has 2 aliphatic rings. The van der Waals surface area contributed by atoms with Gasteiger partial charge in [-0.1, -0.05) is 24.3 Å². The third-order valence-electron chi connectivity index (χ3n) is 6.48. The molecule has 0 fully saturated rings. The van der Waals surface area contributed by atoms with Crippen LogP contribution in [-0.4, -0.2) is 37.8 Å². The van der Waals surface area contributed by atoms with Crippen LogP contribution >= 0.6 is 11.3 Å². The van der Waals surface area contributed by atoms with Crippen molar-refractivity contribution in [2.45, 2.75) is 44.0 Å². The minimum Gasteiger partial charge on any atom is -0.462 e. The maximum atomic E-state index is 13.2. The molecule has 0 spiro atoms. The first-order valence-electron chi connectivity index (χ1n) is 11.7. The third-order valence-corrected chi connectivity index (χ3v) is 9.54. The number of fused-ring (bicyclic) bond motifs is 2. The highest BCUT2D eigenvalue weighted by atomic mass is 32.2. The molecule has 0 unspecified atom stereocenters. The summed E-state index contributed by atoms with van der Waals surface area (Å²) in [5.41, 5.74) is 3.91. The van der Waals surface area contributed by atoms with Crippen LogP contribution in [0.25, 0.3) is 0 Å². The SMILES string of the molecule is CCOC(=O)c1c(NC(=O)c2ccc(S(=O)(=O)N3CCc4ccccc4C3)cc2)sc2c1CCC2. The average Bonchev–Trinajstić information content (AvgIpc) is 3.44. The van der Waals surface area contributed by atoms with Gasteiger partial charge in [0.2, 0.25) is 10.0 Å². The molecule has 0 atom stereocenters. The lowest BCUT2D eigenvalue weighted by Crippen LogP contribution is -2.35.